The van der Waals surface area contributed by atoms with Crippen molar-refractivity contribution in [2.45, 2.75) is 36.7 Å². The van der Waals surface area contributed by atoms with Gasteiger partial charge in [0, 0.05) is 18.8 Å². The van der Waals surface area contributed by atoms with Gasteiger partial charge in [0.2, 0.25) is 0 Å². The number of hydrogen-bond acceptors (Lipinski definition) is 4. The molecule has 5 heteroatoms. The summed E-state index contributed by atoms with van der Waals surface area (Å²) >= 11 is 0. The molecule has 1 aliphatic rings. The SMILES string of the molecule is COc1cccc2c1CCC(NCc1ccccc1S(C)(=O)=O)C2. The Kier molecular flexibility index (Phi) is 4.92. The summed E-state index contributed by atoms with van der Waals surface area (Å²) in [6, 6.07) is 13.7. The molecule has 24 heavy (non-hydrogen) atoms. The van der Waals surface area contributed by atoms with E-state index in [0.717, 1.165) is 30.6 Å². The molecule has 3 rings (SSSR count). The van der Waals surface area contributed by atoms with Crippen LogP contribution >= 0.6 is 0 Å². The van der Waals surface area contributed by atoms with Crippen LogP contribution < -0.4 is 10.1 Å². The molecule has 0 saturated heterocycles. The van der Waals surface area contributed by atoms with Crippen molar-refractivity contribution in [2.75, 3.05) is 13.4 Å². The Hall–Kier alpha value is -1.85. The van der Waals surface area contributed by atoms with Crippen LogP contribution in [0.4, 0.5) is 0 Å². The van der Waals surface area contributed by atoms with Crippen molar-refractivity contribution in [3.05, 3.63) is 59.2 Å². The van der Waals surface area contributed by atoms with Gasteiger partial charge in [0.1, 0.15) is 5.75 Å². The number of benzene rings is 2. The van der Waals surface area contributed by atoms with Crippen molar-refractivity contribution in [1.82, 2.24) is 5.32 Å². The topological polar surface area (TPSA) is 55.4 Å². The molecule has 0 aromatic heterocycles. The molecule has 128 valence electrons. The van der Waals surface area contributed by atoms with Gasteiger partial charge >= 0.3 is 0 Å². The second-order valence-corrected chi connectivity index (χ2v) is 8.28. The van der Waals surface area contributed by atoms with Gasteiger partial charge in [0.15, 0.2) is 9.84 Å². The van der Waals surface area contributed by atoms with Gasteiger partial charge < -0.3 is 10.1 Å². The summed E-state index contributed by atoms with van der Waals surface area (Å²) in [5.41, 5.74) is 3.44. The fourth-order valence-electron chi connectivity index (χ4n) is 3.40. The molecule has 0 bridgehead atoms. The van der Waals surface area contributed by atoms with E-state index in [1.807, 2.05) is 24.3 Å². The molecule has 4 nitrogen and oxygen atoms in total. The van der Waals surface area contributed by atoms with Crippen LogP contribution in [0.15, 0.2) is 47.4 Å². The lowest BCUT2D eigenvalue weighted by Crippen LogP contribution is -2.34. The van der Waals surface area contributed by atoms with E-state index in [0.29, 0.717) is 17.5 Å². The van der Waals surface area contributed by atoms with Gasteiger partial charge in [-0.3, -0.25) is 0 Å². The highest BCUT2D eigenvalue weighted by molar-refractivity contribution is 7.90. The Morgan fingerprint density at radius 2 is 1.96 bits per heavy atom. The van der Waals surface area contributed by atoms with Crippen LogP contribution in [0.3, 0.4) is 0 Å². The van der Waals surface area contributed by atoms with Gasteiger partial charge in [0.25, 0.3) is 0 Å². The quantitative estimate of drug-likeness (QED) is 0.905. The predicted molar refractivity (Wildman–Crippen MR) is 95.2 cm³/mol. The number of sulfone groups is 1. The standard InChI is InChI=1S/C19H23NO3S/c1-23-18-8-5-7-14-12-16(10-11-17(14)18)20-13-15-6-3-4-9-19(15)24(2,21)22/h3-9,16,20H,10-13H2,1-2H3. The van der Waals surface area contributed by atoms with Crippen molar-refractivity contribution in [3.63, 3.8) is 0 Å². The lowest BCUT2D eigenvalue weighted by Gasteiger charge is -2.27. The maximum atomic E-state index is 11.9. The lowest BCUT2D eigenvalue weighted by molar-refractivity contribution is 0.396. The average Bonchev–Trinajstić information content (AvgIpc) is 2.58. The van der Waals surface area contributed by atoms with Gasteiger partial charge in [-0.25, -0.2) is 8.42 Å². The zero-order valence-corrected chi connectivity index (χ0v) is 14.9. The molecule has 1 unspecified atom stereocenters. The molecule has 2 aromatic rings. The van der Waals surface area contributed by atoms with E-state index in [1.54, 1.807) is 19.2 Å². The molecular weight excluding hydrogens is 322 g/mol. The molecule has 0 radical (unpaired) electrons. The average molecular weight is 345 g/mol. The monoisotopic (exact) mass is 345 g/mol. The molecule has 0 fully saturated rings. The summed E-state index contributed by atoms with van der Waals surface area (Å²) in [6.45, 7) is 0.563. The summed E-state index contributed by atoms with van der Waals surface area (Å²) < 4.78 is 29.2. The molecule has 1 N–H and O–H groups in total. The minimum Gasteiger partial charge on any atom is -0.496 e. The lowest BCUT2D eigenvalue weighted by atomic mass is 9.87. The Bertz CT molecular complexity index is 830. The zero-order valence-electron chi connectivity index (χ0n) is 14.1. The molecule has 0 heterocycles. The van der Waals surface area contributed by atoms with Gasteiger partial charge in [-0.2, -0.15) is 0 Å². The first-order valence-corrected chi connectivity index (χ1v) is 10.0. The molecule has 1 aliphatic carbocycles. The summed E-state index contributed by atoms with van der Waals surface area (Å²) in [5, 5.41) is 3.52. The predicted octanol–water partition coefficient (Wildman–Crippen LogP) is 2.75. The minimum atomic E-state index is -3.20. The van der Waals surface area contributed by atoms with Gasteiger partial charge in [-0.15, -0.1) is 0 Å². The van der Waals surface area contributed by atoms with Crippen LogP contribution in [-0.2, 0) is 29.2 Å². The maximum Gasteiger partial charge on any atom is 0.175 e. The smallest absolute Gasteiger partial charge is 0.175 e. The third kappa shape index (κ3) is 3.62. The van der Waals surface area contributed by atoms with Gasteiger partial charge in [-0.1, -0.05) is 30.3 Å². The first kappa shape index (κ1) is 17.0. The number of hydrogen-bond donors (Lipinski definition) is 1. The maximum absolute atomic E-state index is 11.9. The van der Waals surface area contributed by atoms with E-state index < -0.39 is 9.84 Å². The molecule has 0 saturated carbocycles. The highest BCUT2D eigenvalue weighted by atomic mass is 32.2. The fraction of sp³-hybridized carbons (Fsp3) is 0.368. The highest BCUT2D eigenvalue weighted by Crippen LogP contribution is 2.29. The summed E-state index contributed by atoms with van der Waals surface area (Å²) in [7, 11) is -1.49. The largest absolute Gasteiger partial charge is 0.496 e. The number of rotatable bonds is 5. The summed E-state index contributed by atoms with van der Waals surface area (Å²) in [4.78, 5) is 0.412. The number of ether oxygens (including phenoxy) is 1. The molecule has 2 aromatic carbocycles. The third-order valence-corrected chi connectivity index (χ3v) is 5.81. The van der Waals surface area contributed by atoms with Crippen molar-refractivity contribution >= 4 is 9.84 Å². The van der Waals surface area contributed by atoms with Crippen molar-refractivity contribution in [2.24, 2.45) is 0 Å². The van der Waals surface area contributed by atoms with Crippen molar-refractivity contribution < 1.29 is 13.2 Å². The van der Waals surface area contributed by atoms with Crippen LogP contribution in [0.2, 0.25) is 0 Å². The number of fused-ring (bicyclic) bond motifs is 1. The van der Waals surface area contributed by atoms with E-state index in [1.165, 1.54) is 17.4 Å². The van der Waals surface area contributed by atoms with Crippen molar-refractivity contribution in [1.29, 1.82) is 0 Å². The normalized spacial score (nSPS) is 17.3. The first-order valence-electron chi connectivity index (χ1n) is 8.15. The minimum absolute atomic E-state index is 0.345. The summed E-state index contributed by atoms with van der Waals surface area (Å²) in [5.74, 6) is 0.966. The Balaban J connectivity index is 1.71. The van der Waals surface area contributed by atoms with Crippen LogP contribution in [0.5, 0.6) is 5.75 Å². The molecule has 1 atom stereocenters. The Morgan fingerprint density at radius 1 is 1.17 bits per heavy atom. The van der Waals surface area contributed by atoms with Gasteiger partial charge in [-0.05, 0) is 48.1 Å². The van der Waals surface area contributed by atoms with Crippen LogP contribution in [0, 0.1) is 0 Å². The van der Waals surface area contributed by atoms with Gasteiger partial charge in [0.05, 0.1) is 12.0 Å². The number of methoxy groups -OCH3 is 1. The van der Waals surface area contributed by atoms with Crippen molar-refractivity contribution in [3.8, 4) is 5.75 Å². The van der Waals surface area contributed by atoms with E-state index in [9.17, 15) is 8.42 Å². The van der Waals surface area contributed by atoms with E-state index >= 15 is 0 Å². The Morgan fingerprint density at radius 3 is 2.71 bits per heavy atom. The number of nitrogens with one attached hydrogen (secondary N) is 1. The highest BCUT2D eigenvalue weighted by Gasteiger charge is 2.21. The molecule has 0 spiro atoms. The first-order chi connectivity index (χ1) is 11.5. The van der Waals surface area contributed by atoms with E-state index in [-0.39, 0.29) is 0 Å². The second kappa shape index (κ2) is 6.95. The zero-order chi connectivity index (χ0) is 17.2. The fourth-order valence-corrected chi connectivity index (χ4v) is 4.35. The van der Waals surface area contributed by atoms with Crippen LogP contribution in [0.25, 0.3) is 0 Å². The molecule has 0 amide bonds. The van der Waals surface area contributed by atoms with E-state index in [2.05, 4.69) is 11.4 Å². The van der Waals surface area contributed by atoms with E-state index in [4.69, 9.17) is 4.74 Å². The third-order valence-electron chi connectivity index (χ3n) is 4.61. The summed E-state index contributed by atoms with van der Waals surface area (Å²) in [6.07, 6.45) is 4.20. The van der Waals surface area contributed by atoms with Crippen LogP contribution in [0.1, 0.15) is 23.1 Å². The molecule has 0 aliphatic heterocycles. The Labute approximate surface area is 143 Å². The second-order valence-electron chi connectivity index (χ2n) is 6.30. The molecular formula is C19H23NO3S. The van der Waals surface area contributed by atoms with Crippen LogP contribution in [-0.4, -0.2) is 27.8 Å².